The summed E-state index contributed by atoms with van der Waals surface area (Å²) in [6.45, 7) is 0. The highest BCUT2D eigenvalue weighted by Crippen LogP contribution is 2.40. The number of methoxy groups -OCH3 is 2. The van der Waals surface area contributed by atoms with Gasteiger partial charge in [-0.3, -0.25) is 0 Å². The second-order valence-corrected chi connectivity index (χ2v) is 7.20. The van der Waals surface area contributed by atoms with Crippen molar-refractivity contribution >= 4 is 6.09 Å². The molecule has 1 saturated carbocycles. The maximum atomic E-state index is 12.6. The monoisotopic (exact) mass is 440 g/mol. The van der Waals surface area contributed by atoms with E-state index in [-0.39, 0.29) is 29.6 Å². The largest absolute Gasteiger partial charge is 0.481 e. The molecular weight excluding hydrogens is 416 g/mol. The minimum Gasteiger partial charge on any atom is -0.481 e. The Balaban J connectivity index is 1.62. The third-order valence-electron chi connectivity index (χ3n) is 5.07. The van der Waals surface area contributed by atoms with E-state index >= 15 is 0 Å². The van der Waals surface area contributed by atoms with Crippen LogP contribution in [0.4, 0.5) is 4.79 Å². The Morgan fingerprint density at radius 2 is 1.78 bits per heavy atom. The number of amides is 1. The van der Waals surface area contributed by atoms with Gasteiger partial charge in [0.1, 0.15) is 17.1 Å². The fraction of sp³-hybridized carbons (Fsp3) is 0.364. The molecule has 0 unspecified atom stereocenters. The molecule has 0 saturated heterocycles. The lowest BCUT2D eigenvalue weighted by molar-refractivity contribution is 0.192. The van der Waals surface area contributed by atoms with Crippen molar-refractivity contribution < 1.29 is 28.2 Å². The number of aromatic nitrogens is 3. The quantitative estimate of drug-likeness (QED) is 0.571. The minimum atomic E-state index is -0.533. The van der Waals surface area contributed by atoms with E-state index in [2.05, 4.69) is 20.3 Å². The number of nitrogens with one attached hydrogen (secondary N) is 1. The molecule has 0 atom stereocenters. The number of ether oxygens (including phenoxy) is 4. The number of hydrogen-bond acceptors (Lipinski definition) is 9. The minimum absolute atomic E-state index is 0.00854. The maximum Gasteiger partial charge on any atom is 0.412 e. The molecule has 10 nitrogen and oxygen atoms in total. The number of hydrogen-bond donors (Lipinski definition) is 1. The van der Waals surface area contributed by atoms with Crippen LogP contribution in [0.25, 0.3) is 11.3 Å². The van der Waals surface area contributed by atoms with E-state index in [9.17, 15) is 4.79 Å². The van der Waals surface area contributed by atoms with Gasteiger partial charge in [0, 0.05) is 6.04 Å². The van der Waals surface area contributed by atoms with Crippen LogP contribution in [0.1, 0.15) is 32.1 Å². The molecule has 0 bridgehead atoms. The van der Waals surface area contributed by atoms with Crippen LogP contribution in [0.15, 0.2) is 41.3 Å². The van der Waals surface area contributed by atoms with Gasteiger partial charge in [0.25, 0.3) is 0 Å². The molecule has 10 heteroatoms. The first-order chi connectivity index (χ1) is 15.7. The van der Waals surface area contributed by atoms with Gasteiger partial charge in [-0.05, 0) is 25.0 Å². The van der Waals surface area contributed by atoms with Crippen LogP contribution >= 0.6 is 0 Å². The Labute approximate surface area is 184 Å². The highest BCUT2D eigenvalue weighted by Gasteiger charge is 2.22. The molecule has 32 heavy (non-hydrogen) atoms. The second kappa shape index (κ2) is 9.99. The third kappa shape index (κ3) is 5.08. The molecule has 1 aliphatic carbocycles. The predicted molar refractivity (Wildman–Crippen MR) is 113 cm³/mol. The molecule has 1 N–H and O–H groups in total. The molecule has 3 aromatic rings. The molecule has 1 aliphatic rings. The zero-order valence-corrected chi connectivity index (χ0v) is 17.9. The van der Waals surface area contributed by atoms with Crippen LogP contribution in [-0.2, 0) is 0 Å². The molecule has 2 aromatic heterocycles. The SMILES string of the molecule is COc1cc(OC)nc(Oc2cccc(OC(=O)NC3CCCCC3)c2-c2cnco2)n1. The zero-order valence-electron chi connectivity index (χ0n) is 17.9. The Morgan fingerprint density at radius 3 is 2.44 bits per heavy atom. The fourth-order valence-corrected chi connectivity index (χ4v) is 3.54. The molecule has 1 aromatic carbocycles. The van der Waals surface area contributed by atoms with Crippen molar-refractivity contribution in [3.05, 3.63) is 36.9 Å². The molecule has 2 heterocycles. The van der Waals surface area contributed by atoms with E-state index < -0.39 is 6.09 Å². The van der Waals surface area contributed by atoms with E-state index in [0.29, 0.717) is 17.1 Å². The lowest BCUT2D eigenvalue weighted by atomic mass is 9.96. The molecule has 0 radical (unpaired) electrons. The topological polar surface area (TPSA) is 118 Å². The summed E-state index contributed by atoms with van der Waals surface area (Å²) in [5, 5.41) is 2.93. The highest BCUT2D eigenvalue weighted by molar-refractivity contribution is 5.78. The van der Waals surface area contributed by atoms with Crippen LogP contribution in [0.2, 0.25) is 0 Å². The van der Waals surface area contributed by atoms with Crippen molar-refractivity contribution in [3.8, 4) is 40.6 Å². The molecule has 168 valence electrons. The van der Waals surface area contributed by atoms with E-state index in [0.717, 1.165) is 25.7 Å². The zero-order chi connectivity index (χ0) is 22.3. The van der Waals surface area contributed by atoms with E-state index in [1.165, 1.54) is 39.3 Å². The van der Waals surface area contributed by atoms with Crippen molar-refractivity contribution in [1.29, 1.82) is 0 Å². The van der Waals surface area contributed by atoms with Crippen LogP contribution in [0.5, 0.6) is 29.3 Å². The number of carbonyl (C=O) groups excluding carboxylic acids is 1. The van der Waals surface area contributed by atoms with Crippen LogP contribution in [0, 0.1) is 0 Å². The number of carbonyl (C=O) groups is 1. The number of nitrogens with zero attached hydrogens (tertiary/aromatic N) is 3. The van der Waals surface area contributed by atoms with Crippen LogP contribution < -0.4 is 24.3 Å². The first-order valence-corrected chi connectivity index (χ1v) is 10.3. The van der Waals surface area contributed by atoms with E-state index in [1.807, 2.05) is 0 Å². The van der Waals surface area contributed by atoms with Crippen LogP contribution in [0.3, 0.4) is 0 Å². The summed E-state index contributed by atoms with van der Waals surface area (Å²) in [4.78, 5) is 24.9. The van der Waals surface area contributed by atoms with Crippen molar-refractivity contribution in [1.82, 2.24) is 20.3 Å². The van der Waals surface area contributed by atoms with Gasteiger partial charge < -0.3 is 28.7 Å². The van der Waals surface area contributed by atoms with Crippen LogP contribution in [-0.4, -0.2) is 41.3 Å². The molecule has 1 fully saturated rings. The molecule has 0 spiro atoms. The van der Waals surface area contributed by atoms with Crippen molar-refractivity contribution in [2.75, 3.05) is 14.2 Å². The average molecular weight is 440 g/mol. The lowest BCUT2D eigenvalue weighted by Gasteiger charge is -2.22. The summed E-state index contributed by atoms with van der Waals surface area (Å²) in [7, 11) is 2.95. The van der Waals surface area contributed by atoms with Gasteiger partial charge in [-0.15, -0.1) is 0 Å². The van der Waals surface area contributed by atoms with Gasteiger partial charge >= 0.3 is 12.1 Å². The van der Waals surface area contributed by atoms with Gasteiger partial charge in [-0.25, -0.2) is 9.78 Å². The van der Waals surface area contributed by atoms with Gasteiger partial charge in [-0.1, -0.05) is 25.3 Å². The van der Waals surface area contributed by atoms with Gasteiger partial charge in [-0.2, -0.15) is 9.97 Å². The van der Waals surface area contributed by atoms with E-state index in [4.69, 9.17) is 23.4 Å². The Hall–Kier alpha value is -3.82. The first kappa shape index (κ1) is 21.4. The van der Waals surface area contributed by atoms with Gasteiger partial charge in [0.05, 0.1) is 26.5 Å². The molecule has 0 aliphatic heterocycles. The standard InChI is InChI=1S/C22H24N4O6/c1-28-18-11-19(29-2)26-21(25-18)31-15-9-6-10-16(20(15)17-12-23-13-30-17)32-22(27)24-14-7-4-3-5-8-14/h6,9-14H,3-5,7-8H2,1-2H3,(H,24,27). The maximum absolute atomic E-state index is 12.6. The molecule has 1 amide bonds. The number of oxazole rings is 1. The van der Waals surface area contributed by atoms with Gasteiger partial charge in [0.2, 0.25) is 11.8 Å². The summed E-state index contributed by atoms with van der Waals surface area (Å²) in [6.07, 6.45) is 7.53. The summed E-state index contributed by atoms with van der Waals surface area (Å²) < 4.78 is 27.3. The van der Waals surface area contributed by atoms with Crippen molar-refractivity contribution in [2.45, 2.75) is 38.1 Å². The van der Waals surface area contributed by atoms with E-state index in [1.54, 1.807) is 18.2 Å². The summed E-state index contributed by atoms with van der Waals surface area (Å²) in [5.74, 6) is 1.46. The molecular formula is C22H24N4O6. The summed E-state index contributed by atoms with van der Waals surface area (Å²) in [6, 6.07) is 6.65. The average Bonchev–Trinajstić information content (AvgIpc) is 3.34. The first-order valence-electron chi connectivity index (χ1n) is 10.3. The molecule has 4 rings (SSSR count). The highest BCUT2D eigenvalue weighted by atomic mass is 16.6. The third-order valence-corrected chi connectivity index (χ3v) is 5.07. The Morgan fingerprint density at radius 1 is 1.06 bits per heavy atom. The Kier molecular flexibility index (Phi) is 6.69. The van der Waals surface area contributed by atoms with Crippen molar-refractivity contribution in [3.63, 3.8) is 0 Å². The Bertz CT molecular complexity index is 1030. The fourth-order valence-electron chi connectivity index (χ4n) is 3.54. The smallest absolute Gasteiger partial charge is 0.412 e. The van der Waals surface area contributed by atoms with Gasteiger partial charge in [0.15, 0.2) is 12.2 Å². The summed E-state index contributed by atoms with van der Waals surface area (Å²) >= 11 is 0. The second-order valence-electron chi connectivity index (χ2n) is 7.20. The predicted octanol–water partition coefficient (Wildman–Crippen LogP) is 4.36. The summed E-state index contributed by atoms with van der Waals surface area (Å²) in [5.41, 5.74) is 0.397. The normalized spacial score (nSPS) is 13.9. The number of rotatable bonds is 7. The lowest BCUT2D eigenvalue weighted by Crippen LogP contribution is -2.38. The number of benzene rings is 1. The van der Waals surface area contributed by atoms with Crippen molar-refractivity contribution in [2.24, 2.45) is 0 Å².